The van der Waals surface area contributed by atoms with Gasteiger partial charge < -0.3 is 21.3 Å². The second kappa shape index (κ2) is 12.0. The van der Waals surface area contributed by atoms with Crippen LogP contribution in [0.5, 0.6) is 0 Å². The van der Waals surface area contributed by atoms with Crippen molar-refractivity contribution in [2.24, 2.45) is 5.73 Å². The minimum absolute atomic E-state index is 0.0431. The molecule has 9 nitrogen and oxygen atoms in total. The largest absolute Gasteiger partial charge is 0.478 e. The molecule has 3 rings (SSSR count). The first-order chi connectivity index (χ1) is 17.5. The minimum Gasteiger partial charge on any atom is -0.478 e. The lowest BCUT2D eigenvalue weighted by Gasteiger charge is -2.25. The number of carboxylic acids is 1. The summed E-state index contributed by atoms with van der Waals surface area (Å²) in [7, 11) is -3.97. The van der Waals surface area contributed by atoms with E-state index in [4.69, 9.17) is 16.2 Å². The Morgan fingerprint density at radius 3 is 2.05 bits per heavy atom. The summed E-state index contributed by atoms with van der Waals surface area (Å²) in [5, 5.41) is 30.4. The number of sulfonamides is 1. The highest BCUT2D eigenvalue weighted by Crippen LogP contribution is 2.22. The first-order valence-corrected chi connectivity index (χ1v) is 13.2. The van der Waals surface area contributed by atoms with E-state index in [1.807, 2.05) is 13.8 Å². The highest BCUT2D eigenvalue weighted by atomic mass is 32.2. The van der Waals surface area contributed by atoms with E-state index in [2.05, 4.69) is 5.32 Å². The molecule has 0 saturated heterocycles. The molecule has 10 heteroatoms. The molecular formula is C27H32N4O5S. The summed E-state index contributed by atoms with van der Waals surface area (Å²) < 4.78 is 28.3. The number of benzene rings is 3. The minimum atomic E-state index is -3.97. The molecule has 0 heterocycles. The molecule has 0 bridgehead atoms. The van der Waals surface area contributed by atoms with Crippen LogP contribution in [-0.2, 0) is 16.6 Å². The van der Waals surface area contributed by atoms with Crippen molar-refractivity contribution in [2.45, 2.75) is 37.3 Å². The zero-order chi connectivity index (χ0) is 27.2. The number of nitrogen functional groups attached to an aromatic ring is 1. The Bertz CT molecular complexity index is 1320. The summed E-state index contributed by atoms with van der Waals surface area (Å²) >= 11 is 0. The Labute approximate surface area is 217 Å². The SMILES string of the molecule is CC(C)c1ccc(S(=O)(=O)N(Cc2ccc(C(=O)O)cc2)CC(O)CNc2ccc(C(=N)N)cc2)cc1. The van der Waals surface area contributed by atoms with Crippen LogP contribution in [0.4, 0.5) is 5.69 Å². The molecule has 0 amide bonds. The number of hydrogen-bond acceptors (Lipinski definition) is 6. The third-order valence-corrected chi connectivity index (χ3v) is 7.72. The highest BCUT2D eigenvalue weighted by molar-refractivity contribution is 7.89. The fourth-order valence-electron chi connectivity index (χ4n) is 3.68. The molecule has 3 aromatic rings. The fourth-order valence-corrected chi connectivity index (χ4v) is 5.15. The maximum absolute atomic E-state index is 13.6. The van der Waals surface area contributed by atoms with Gasteiger partial charge in [0.25, 0.3) is 0 Å². The summed E-state index contributed by atoms with van der Waals surface area (Å²) in [5.41, 5.74) is 8.43. The van der Waals surface area contributed by atoms with Crippen LogP contribution in [0.15, 0.2) is 77.7 Å². The zero-order valence-corrected chi connectivity index (χ0v) is 21.6. The average molecular weight is 525 g/mol. The highest BCUT2D eigenvalue weighted by Gasteiger charge is 2.27. The number of hydrogen-bond donors (Lipinski definition) is 5. The van der Waals surface area contributed by atoms with E-state index < -0.39 is 22.1 Å². The van der Waals surface area contributed by atoms with Crippen LogP contribution in [0.25, 0.3) is 0 Å². The van der Waals surface area contributed by atoms with Crippen molar-refractivity contribution in [1.29, 1.82) is 5.41 Å². The summed E-state index contributed by atoms with van der Waals surface area (Å²) in [6.45, 7) is 3.89. The van der Waals surface area contributed by atoms with Crippen molar-refractivity contribution in [1.82, 2.24) is 4.31 Å². The maximum Gasteiger partial charge on any atom is 0.335 e. The molecule has 0 saturated carbocycles. The lowest BCUT2D eigenvalue weighted by atomic mass is 10.0. The van der Waals surface area contributed by atoms with Crippen molar-refractivity contribution in [2.75, 3.05) is 18.4 Å². The number of nitrogens with two attached hydrogens (primary N) is 1. The van der Waals surface area contributed by atoms with Gasteiger partial charge in [-0.05, 0) is 65.6 Å². The third kappa shape index (κ3) is 7.39. The van der Waals surface area contributed by atoms with E-state index in [0.717, 1.165) is 5.56 Å². The molecule has 196 valence electrons. The Balaban J connectivity index is 1.80. The monoisotopic (exact) mass is 524 g/mol. The van der Waals surface area contributed by atoms with Crippen LogP contribution in [0, 0.1) is 5.41 Å². The predicted molar refractivity (Wildman–Crippen MR) is 143 cm³/mol. The molecule has 0 fully saturated rings. The summed E-state index contributed by atoms with van der Waals surface area (Å²) in [6, 6.07) is 19.4. The van der Waals surface area contributed by atoms with Crippen LogP contribution in [0.1, 0.15) is 46.8 Å². The van der Waals surface area contributed by atoms with Crippen LogP contribution in [0.2, 0.25) is 0 Å². The molecule has 1 unspecified atom stereocenters. The van der Waals surface area contributed by atoms with E-state index in [0.29, 0.717) is 16.8 Å². The van der Waals surface area contributed by atoms with Crippen LogP contribution < -0.4 is 11.1 Å². The van der Waals surface area contributed by atoms with Gasteiger partial charge >= 0.3 is 5.97 Å². The van der Waals surface area contributed by atoms with Gasteiger partial charge in [-0.1, -0.05) is 38.1 Å². The van der Waals surface area contributed by atoms with Gasteiger partial charge in [0, 0.05) is 30.9 Å². The molecule has 0 aliphatic carbocycles. The number of aliphatic hydroxyl groups is 1. The fraction of sp³-hybridized carbons (Fsp3) is 0.259. The van der Waals surface area contributed by atoms with E-state index >= 15 is 0 Å². The second-order valence-corrected chi connectivity index (χ2v) is 11.0. The van der Waals surface area contributed by atoms with Crippen molar-refractivity contribution >= 4 is 27.5 Å². The molecule has 3 aromatic carbocycles. The Morgan fingerprint density at radius 2 is 1.54 bits per heavy atom. The lowest BCUT2D eigenvalue weighted by molar-refractivity contribution is 0.0697. The van der Waals surface area contributed by atoms with E-state index in [9.17, 15) is 18.3 Å². The number of aromatic carboxylic acids is 1. The van der Waals surface area contributed by atoms with E-state index in [1.165, 1.54) is 16.4 Å². The van der Waals surface area contributed by atoms with Gasteiger partial charge in [-0.2, -0.15) is 4.31 Å². The molecule has 1 atom stereocenters. The van der Waals surface area contributed by atoms with Gasteiger partial charge in [0.1, 0.15) is 5.84 Å². The second-order valence-electron chi connectivity index (χ2n) is 9.05. The maximum atomic E-state index is 13.6. The van der Waals surface area contributed by atoms with Crippen LogP contribution in [-0.4, -0.2) is 53.9 Å². The Kier molecular flexibility index (Phi) is 9.04. The first kappa shape index (κ1) is 27.9. The molecule has 0 aliphatic heterocycles. The topological polar surface area (TPSA) is 157 Å². The number of carboxylic acid groups (broad SMARTS) is 1. The number of rotatable bonds is 12. The number of amidine groups is 1. The van der Waals surface area contributed by atoms with Gasteiger partial charge in [-0.25, -0.2) is 13.2 Å². The Hall–Kier alpha value is -3.73. The summed E-state index contributed by atoms with van der Waals surface area (Å²) in [6.07, 6.45) is -1.05. The number of nitrogens with one attached hydrogen (secondary N) is 2. The van der Waals surface area contributed by atoms with Crippen LogP contribution >= 0.6 is 0 Å². The van der Waals surface area contributed by atoms with Crippen molar-refractivity contribution in [3.63, 3.8) is 0 Å². The lowest BCUT2D eigenvalue weighted by Crippen LogP contribution is -2.39. The average Bonchev–Trinajstić information content (AvgIpc) is 2.87. The summed E-state index contributed by atoms with van der Waals surface area (Å²) in [4.78, 5) is 11.3. The number of carbonyl (C=O) groups is 1. The molecule has 0 spiro atoms. The van der Waals surface area contributed by atoms with Gasteiger partial charge in [-0.15, -0.1) is 0 Å². The molecule has 37 heavy (non-hydrogen) atoms. The third-order valence-electron chi connectivity index (χ3n) is 5.90. The molecule has 0 radical (unpaired) electrons. The van der Waals surface area contributed by atoms with Crippen molar-refractivity contribution in [3.05, 3.63) is 95.1 Å². The first-order valence-electron chi connectivity index (χ1n) is 11.8. The van der Waals surface area contributed by atoms with Gasteiger partial charge in [0.2, 0.25) is 10.0 Å². The molecule has 6 N–H and O–H groups in total. The number of nitrogens with zero attached hydrogens (tertiary/aromatic N) is 1. The standard InChI is InChI=1S/C27H32N4O5S/c1-18(2)20-9-13-25(14-10-20)37(35,36)31(16-19-3-5-22(6-4-19)27(33)34)17-24(32)15-30-23-11-7-21(8-12-23)26(28)29/h3-14,18,24,30,32H,15-17H2,1-2H3,(H3,28,29)(H,33,34). The van der Waals surface area contributed by atoms with Gasteiger partial charge in [-0.3, -0.25) is 5.41 Å². The molecular weight excluding hydrogens is 492 g/mol. The zero-order valence-electron chi connectivity index (χ0n) is 20.8. The quantitative estimate of drug-likeness (QED) is 0.179. The van der Waals surface area contributed by atoms with Crippen molar-refractivity contribution in [3.8, 4) is 0 Å². The van der Waals surface area contributed by atoms with Gasteiger partial charge in [0.05, 0.1) is 16.6 Å². The molecule has 0 aromatic heterocycles. The summed E-state index contributed by atoms with van der Waals surface area (Å²) in [5.74, 6) is -0.873. The van der Waals surface area contributed by atoms with Crippen molar-refractivity contribution < 1.29 is 23.4 Å². The normalized spacial score (nSPS) is 12.5. The Morgan fingerprint density at radius 1 is 0.973 bits per heavy atom. The number of aliphatic hydroxyl groups excluding tert-OH is 1. The van der Waals surface area contributed by atoms with Crippen LogP contribution in [0.3, 0.4) is 0 Å². The number of anilines is 1. The van der Waals surface area contributed by atoms with E-state index in [1.54, 1.807) is 60.7 Å². The van der Waals surface area contributed by atoms with Gasteiger partial charge in [0.15, 0.2) is 0 Å². The smallest absolute Gasteiger partial charge is 0.335 e. The van der Waals surface area contributed by atoms with E-state index in [-0.39, 0.29) is 41.8 Å². The predicted octanol–water partition coefficient (Wildman–Crippen LogP) is 3.46. The molecule has 0 aliphatic rings.